The van der Waals surface area contributed by atoms with Crippen molar-refractivity contribution < 1.29 is 29.2 Å². The van der Waals surface area contributed by atoms with Gasteiger partial charge in [0.2, 0.25) is 0 Å². The van der Waals surface area contributed by atoms with Gasteiger partial charge in [-0.1, -0.05) is 0 Å². The number of nitrogens with one attached hydrogen (secondary N) is 2. The van der Waals surface area contributed by atoms with E-state index in [4.69, 9.17) is 0 Å². The molecule has 2 N–H and O–H groups in total. The molecule has 0 spiro atoms. The Labute approximate surface area is 166 Å². The van der Waals surface area contributed by atoms with Crippen LogP contribution < -0.4 is 0 Å². The molecule has 0 aliphatic carbocycles. The van der Waals surface area contributed by atoms with Crippen molar-refractivity contribution in [2.75, 3.05) is 0 Å². The second-order valence-electron chi connectivity index (χ2n) is 5.91. The first kappa shape index (κ1) is 16.1. The molecule has 5 heterocycles. The van der Waals surface area contributed by atoms with E-state index >= 15 is 0 Å². The van der Waals surface area contributed by atoms with E-state index in [1.807, 2.05) is 48.6 Å². The molecule has 25 heavy (non-hydrogen) atoms. The predicted molar refractivity (Wildman–Crippen MR) is 98.9 cm³/mol. The van der Waals surface area contributed by atoms with E-state index < -0.39 is 0 Å². The molecule has 120 valence electrons. The quantitative estimate of drug-likeness (QED) is 0.293. The SMILES string of the molecule is C1=Cc2cc3ccc(cc4nc(cc5ccc(cc1n2)[nH]5)C=C4)[nH]3.[Pu]. The van der Waals surface area contributed by atoms with Crippen LogP contribution in [0.2, 0.25) is 0 Å². The van der Waals surface area contributed by atoms with E-state index in [2.05, 4.69) is 44.2 Å². The number of fused-ring (bicyclic) bond motifs is 8. The summed E-state index contributed by atoms with van der Waals surface area (Å²) in [6.45, 7) is 0. The van der Waals surface area contributed by atoms with E-state index in [-0.39, 0.29) is 29.2 Å². The summed E-state index contributed by atoms with van der Waals surface area (Å²) in [7, 11) is 0. The molecule has 0 unspecified atom stereocenters. The monoisotopic (exact) mass is 548 g/mol. The van der Waals surface area contributed by atoms with Gasteiger partial charge in [0.15, 0.2) is 0 Å². The Balaban J connectivity index is 0.00000157. The largest absolute Gasteiger partial charge is 0.355 e. The van der Waals surface area contributed by atoms with E-state index in [0.29, 0.717) is 0 Å². The first-order valence-corrected chi connectivity index (χ1v) is 7.85. The van der Waals surface area contributed by atoms with Crippen LogP contribution >= 0.6 is 0 Å². The van der Waals surface area contributed by atoms with Gasteiger partial charge >= 0.3 is 0 Å². The van der Waals surface area contributed by atoms with Gasteiger partial charge in [-0.05, 0) is 72.8 Å². The molecule has 2 aliphatic heterocycles. The van der Waals surface area contributed by atoms with Gasteiger partial charge in [-0.3, -0.25) is 0 Å². The van der Waals surface area contributed by atoms with Crippen molar-refractivity contribution in [3.63, 3.8) is 0 Å². The van der Waals surface area contributed by atoms with Crippen LogP contribution in [0.4, 0.5) is 0 Å². The van der Waals surface area contributed by atoms with Crippen molar-refractivity contribution in [1.82, 2.24) is 19.9 Å². The number of hydrogen-bond donors (Lipinski definition) is 2. The maximum absolute atomic E-state index is 4.63. The molecule has 0 saturated carbocycles. The predicted octanol–water partition coefficient (Wildman–Crippen LogP) is 4.66. The minimum absolute atomic E-state index is 0. The van der Waals surface area contributed by atoms with Gasteiger partial charge in [0.25, 0.3) is 0 Å². The van der Waals surface area contributed by atoms with Crippen molar-refractivity contribution in [3.05, 3.63) is 71.3 Å². The standard InChI is InChI=1S/C20H14N4.Pu/c1-2-14-10-16-5-6-18(23-16)12-20-8-7-19(24-20)11-17-4-3-15(22-17)9-13(1)21-14;/h1-12,21,24H;. The van der Waals surface area contributed by atoms with E-state index in [0.717, 1.165) is 44.8 Å². The minimum Gasteiger partial charge on any atom is -0.355 e. The number of rotatable bonds is 0. The number of H-pyrrole nitrogens is 2. The van der Waals surface area contributed by atoms with Crippen LogP contribution in [0.15, 0.2) is 48.5 Å². The van der Waals surface area contributed by atoms with Crippen molar-refractivity contribution in [3.8, 4) is 0 Å². The zero-order valence-corrected chi connectivity index (χ0v) is 16.6. The Morgan fingerprint density at radius 1 is 0.480 bits per heavy atom. The first-order valence-electron chi connectivity index (χ1n) is 7.85. The van der Waals surface area contributed by atoms with Crippen molar-refractivity contribution >= 4 is 46.4 Å². The maximum Gasteiger partial charge on any atom is 0.0658 e. The van der Waals surface area contributed by atoms with Gasteiger partial charge in [0.05, 0.1) is 22.8 Å². The first-order chi connectivity index (χ1) is 11.8. The Morgan fingerprint density at radius 3 is 1.04 bits per heavy atom. The molecule has 8 bridgehead atoms. The maximum atomic E-state index is 4.63. The van der Waals surface area contributed by atoms with Gasteiger partial charge in [0.1, 0.15) is 0 Å². The molecule has 3 aromatic rings. The van der Waals surface area contributed by atoms with Crippen LogP contribution in [0, 0.1) is 29.2 Å². The van der Waals surface area contributed by atoms with Crippen LogP contribution in [0.1, 0.15) is 22.8 Å². The second kappa shape index (κ2) is 6.48. The van der Waals surface area contributed by atoms with Crippen LogP contribution in [0.3, 0.4) is 0 Å². The van der Waals surface area contributed by atoms with Gasteiger partial charge in [-0.15, -0.1) is 0 Å². The molecule has 0 radical (unpaired) electrons. The topological polar surface area (TPSA) is 57.4 Å². The molecular formula is C20H14N4Pu. The summed E-state index contributed by atoms with van der Waals surface area (Å²) in [6.07, 6.45) is 8.09. The van der Waals surface area contributed by atoms with Gasteiger partial charge in [-0.25, -0.2) is 9.97 Å². The molecule has 5 heteroatoms. The molecule has 5 rings (SSSR count). The van der Waals surface area contributed by atoms with E-state index in [1.54, 1.807) is 0 Å². The fraction of sp³-hybridized carbons (Fsp3) is 0. The molecule has 0 fully saturated rings. The average molecular weight is 554 g/mol. The number of aromatic amines is 2. The second-order valence-corrected chi connectivity index (χ2v) is 5.91. The summed E-state index contributed by atoms with van der Waals surface area (Å²) in [5, 5.41) is 0. The fourth-order valence-corrected chi connectivity index (χ4v) is 2.94. The third-order valence-corrected chi connectivity index (χ3v) is 4.04. The van der Waals surface area contributed by atoms with Crippen LogP contribution in [0.25, 0.3) is 46.4 Å². The molecule has 0 aromatic carbocycles. The van der Waals surface area contributed by atoms with Gasteiger partial charge < -0.3 is 9.97 Å². The summed E-state index contributed by atoms with van der Waals surface area (Å²) < 4.78 is 0. The molecule has 3 aromatic heterocycles. The summed E-state index contributed by atoms with van der Waals surface area (Å²) in [6, 6.07) is 16.4. The Bertz CT molecular complexity index is 990. The zero-order chi connectivity index (χ0) is 15.9. The van der Waals surface area contributed by atoms with Gasteiger partial charge in [-0.2, -0.15) is 0 Å². The summed E-state index contributed by atoms with van der Waals surface area (Å²) in [5.41, 5.74) is 7.86. The summed E-state index contributed by atoms with van der Waals surface area (Å²) in [4.78, 5) is 16.0. The molecule has 0 saturated heterocycles. The number of nitrogens with zero attached hydrogens (tertiary/aromatic N) is 2. The third kappa shape index (κ3) is 3.37. The third-order valence-electron chi connectivity index (χ3n) is 4.04. The van der Waals surface area contributed by atoms with E-state index in [1.165, 1.54) is 0 Å². The fourth-order valence-electron chi connectivity index (χ4n) is 2.94. The average Bonchev–Trinajstić information content (AvgIpc) is 3.32. The Hall–Kier alpha value is -2.41. The molecular weight excluding hydrogens is 540 g/mol. The molecule has 4 nitrogen and oxygen atoms in total. The van der Waals surface area contributed by atoms with Crippen molar-refractivity contribution in [2.24, 2.45) is 0 Å². The van der Waals surface area contributed by atoms with Gasteiger partial charge in [0, 0.05) is 51.2 Å². The van der Waals surface area contributed by atoms with Crippen LogP contribution in [-0.2, 0) is 0 Å². The minimum atomic E-state index is 0. The molecule has 0 atom stereocenters. The summed E-state index contributed by atoms with van der Waals surface area (Å²) in [5.74, 6) is 0. The molecule has 2 aliphatic rings. The van der Waals surface area contributed by atoms with Crippen molar-refractivity contribution in [2.45, 2.75) is 0 Å². The summed E-state index contributed by atoms with van der Waals surface area (Å²) >= 11 is 0. The van der Waals surface area contributed by atoms with Crippen LogP contribution in [0.5, 0.6) is 0 Å². The normalized spacial score (nSPS) is 12.2. The van der Waals surface area contributed by atoms with Crippen LogP contribution in [-0.4, -0.2) is 19.9 Å². The zero-order valence-electron chi connectivity index (χ0n) is 13.2. The Kier molecular flexibility index (Phi) is 4.16. The Morgan fingerprint density at radius 2 is 0.760 bits per heavy atom. The van der Waals surface area contributed by atoms with E-state index in [9.17, 15) is 0 Å². The van der Waals surface area contributed by atoms with Crippen molar-refractivity contribution in [1.29, 1.82) is 0 Å². The number of aromatic nitrogens is 4. The molecule has 0 amide bonds. The number of hydrogen-bond acceptors (Lipinski definition) is 2. The smallest absolute Gasteiger partial charge is 0.0658 e.